The third-order valence-corrected chi connectivity index (χ3v) is 5.24. The lowest BCUT2D eigenvalue weighted by atomic mass is 10.1. The van der Waals surface area contributed by atoms with E-state index >= 15 is 0 Å². The molecule has 0 amide bonds. The van der Waals surface area contributed by atoms with E-state index in [1.165, 1.54) is 34.0 Å². The lowest BCUT2D eigenvalue weighted by Crippen LogP contribution is -2.13. The van der Waals surface area contributed by atoms with Crippen molar-refractivity contribution >= 4 is 11.3 Å². The van der Waals surface area contributed by atoms with Crippen molar-refractivity contribution in [2.75, 3.05) is 6.54 Å². The molecule has 1 aromatic heterocycles. The van der Waals surface area contributed by atoms with E-state index in [9.17, 15) is 0 Å². The van der Waals surface area contributed by atoms with Gasteiger partial charge in [-0.2, -0.15) is 0 Å². The van der Waals surface area contributed by atoms with E-state index in [2.05, 4.69) is 49.5 Å². The van der Waals surface area contributed by atoms with Crippen molar-refractivity contribution in [2.24, 2.45) is 0 Å². The van der Waals surface area contributed by atoms with E-state index in [-0.39, 0.29) is 0 Å². The van der Waals surface area contributed by atoms with Gasteiger partial charge in [0, 0.05) is 12.0 Å². The summed E-state index contributed by atoms with van der Waals surface area (Å²) in [7, 11) is 0. The van der Waals surface area contributed by atoms with Crippen molar-refractivity contribution in [2.45, 2.75) is 38.6 Å². The Morgan fingerprint density at radius 2 is 2.00 bits per heavy atom. The Bertz CT molecular complexity index is 555. The SMILES string of the molecule is CCNCc1nc(C2(C)CC2)sc1-c1ccccc1. The maximum atomic E-state index is 4.91. The first-order valence-corrected chi connectivity index (χ1v) is 7.81. The van der Waals surface area contributed by atoms with Gasteiger partial charge in [0.15, 0.2) is 0 Å². The molecular formula is C16H20N2S. The van der Waals surface area contributed by atoms with Gasteiger partial charge in [-0.3, -0.25) is 0 Å². The Hall–Kier alpha value is -1.19. The fourth-order valence-electron chi connectivity index (χ4n) is 2.19. The normalized spacial score (nSPS) is 16.5. The second-order valence-corrected chi connectivity index (χ2v) is 6.50. The Balaban J connectivity index is 1.98. The summed E-state index contributed by atoms with van der Waals surface area (Å²) in [5.74, 6) is 0. The standard InChI is InChI=1S/C16H20N2S/c1-3-17-11-13-14(12-7-5-4-6-8-12)19-15(18-13)16(2)9-10-16/h4-8,17H,3,9-11H2,1-2H3. The highest BCUT2D eigenvalue weighted by Gasteiger charge is 2.42. The molecule has 1 aliphatic rings. The summed E-state index contributed by atoms with van der Waals surface area (Å²) in [5.41, 5.74) is 2.86. The van der Waals surface area contributed by atoms with Crippen molar-refractivity contribution < 1.29 is 0 Å². The molecule has 1 aliphatic carbocycles. The summed E-state index contributed by atoms with van der Waals surface area (Å²) < 4.78 is 0. The Morgan fingerprint density at radius 3 is 2.63 bits per heavy atom. The second kappa shape index (κ2) is 5.06. The minimum Gasteiger partial charge on any atom is -0.311 e. The quantitative estimate of drug-likeness (QED) is 0.891. The number of hydrogen-bond acceptors (Lipinski definition) is 3. The van der Waals surface area contributed by atoms with E-state index in [0.29, 0.717) is 5.41 Å². The molecule has 3 rings (SSSR count). The highest BCUT2D eigenvalue weighted by atomic mass is 32.1. The maximum Gasteiger partial charge on any atom is 0.0994 e. The average molecular weight is 272 g/mol. The monoisotopic (exact) mass is 272 g/mol. The molecule has 0 unspecified atom stereocenters. The minimum absolute atomic E-state index is 0.360. The number of nitrogens with zero attached hydrogens (tertiary/aromatic N) is 1. The number of rotatable bonds is 5. The van der Waals surface area contributed by atoms with Crippen LogP contribution in [0.5, 0.6) is 0 Å². The van der Waals surface area contributed by atoms with Crippen molar-refractivity contribution in [1.29, 1.82) is 0 Å². The second-order valence-electron chi connectivity index (χ2n) is 5.50. The molecule has 0 aliphatic heterocycles. The molecular weight excluding hydrogens is 252 g/mol. The van der Waals surface area contributed by atoms with Crippen LogP contribution in [0.1, 0.15) is 37.4 Å². The van der Waals surface area contributed by atoms with E-state index in [0.717, 1.165) is 13.1 Å². The summed E-state index contributed by atoms with van der Waals surface area (Å²) in [4.78, 5) is 6.25. The lowest BCUT2D eigenvalue weighted by molar-refractivity contribution is 0.702. The van der Waals surface area contributed by atoms with Gasteiger partial charge in [0.25, 0.3) is 0 Å². The fourth-order valence-corrected chi connectivity index (χ4v) is 3.48. The van der Waals surface area contributed by atoms with Crippen LogP contribution in [0.15, 0.2) is 30.3 Å². The van der Waals surface area contributed by atoms with Crippen molar-refractivity contribution in [1.82, 2.24) is 10.3 Å². The minimum atomic E-state index is 0.360. The van der Waals surface area contributed by atoms with Gasteiger partial charge in [-0.25, -0.2) is 4.98 Å². The van der Waals surface area contributed by atoms with Crippen molar-refractivity contribution in [3.8, 4) is 10.4 Å². The number of benzene rings is 1. The summed E-state index contributed by atoms with van der Waals surface area (Å²) in [5, 5.41) is 4.72. The highest BCUT2D eigenvalue weighted by Crippen LogP contribution is 2.50. The third kappa shape index (κ3) is 2.58. The van der Waals surface area contributed by atoms with Crippen molar-refractivity contribution in [3.63, 3.8) is 0 Å². The summed E-state index contributed by atoms with van der Waals surface area (Å²) in [6, 6.07) is 10.6. The molecule has 0 radical (unpaired) electrons. The largest absolute Gasteiger partial charge is 0.311 e. The highest BCUT2D eigenvalue weighted by molar-refractivity contribution is 7.15. The average Bonchev–Trinajstić information content (AvgIpc) is 3.05. The Labute approximate surface area is 118 Å². The van der Waals surface area contributed by atoms with Gasteiger partial charge in [0.1, 0.15) is 0 Å². The molecule has 1 N–H and O–H groups in total. The van der Waals surface area contributed by atoms with E-state index in [4.69, 9.17) is 4.98 Å². The summed E-state index contributed by atoms with van der Waals surface area (Å²) >= 11 is 1.88. The number of nitrogens with one attached hydrogen (secondary N) is 1. The fraction of sp³-hybridized carbons (Fsp3) is 0.438. The first kappa shape index (κ1) is 12.8. The van der Waals surface area contributed by atoms with Gasteiger partial charge in [-0.1, -0.05) is 44.2 Å². The van der Waals surface area contributed by atoms with E-state index < -0.39 is 0 Å². The molecule has 1 heterocycles. The smallest absolute Gasteiger partial charge is 0.0994 e. The van der Waals surface area contributed by atoms with Crippen LogP contribution in [0, 0.1) is 0 Å². The Morgan fingerprint density at radius 1 is 1.26 bits per heavy atom. The number of aromatic nitrogens is 1. The third-order valence-electron chi connectivity index (χ3n) is 3.79. The molecule has 0 spiro atoms. The number of hydrogen-bond donors (Lipinski definition) is 1. The number of thiazole rings is 1. The van der Waals surface area contributed by atoms with Gasteiger partial charge < -0.3 is 5.32 Å². The first-order valence-electron chi connectivity index (χ1n) is 6.99. The molecule has 0 atom stereocenters. The van der Waals surface area contributed by atoms with Crippen molar-refractivity contribution in [3.05, 3.63) is 41.0 Å². The molecule has 0 bridgehead atoms. The van der Waals surface area contributed by atoms with Crippen LogP contribution >= 0.6 is 11.3 Å². The van der Waals surface area contributed by atoms with Crippen LogP contribution in [0.4, 0.5) is 0 Å². The van der Waals surface area contributed by atoms with Crippen LogP contribution in [0.2, 0.25) is 0 Å². The molecule has 1 fully saturated rings. The maximum absolute atomic E-state index is 4.91. The Kier molecular flexibility index (Phi) is 3.42. The molecule has 2 nitrogen and oxygen atoms in total. The molecule has 3 heteroatoms. The summed E-state index contributed by atoms with van der Waals surface area (Å²) in [6.45, 7) is 6.32. The zero-order valence-electron chi connectivity index (χ0n) is 11.6. The van der Waals surface area contributed by atoms with E-state index in [1.54, 1.807) is 0 Å². The molecule has 1 aromatic carbocycles. The van der Waals surface area contributed by atoms with Crippen LogP contribution in [0.25, 0.3) is 10.4 Å². The molecule has 0 saturated heterocycles. The predicted octanol–water partition coefficient (Wildman–Crippen LogP) is 3.97. The zero-order valence-corrected chi connectivity index (χ0v) is 12.4. The van der Waals surface area contributed by atoms with Gasteiger partial charge in [0.2, 0.25) is 0 Å². The van der Waals surface area contributed by atoms with Gasteiger partial charge in [-0.05, 0) is 24.9 Å². The lowest BCUT2D eigenvalue weighted by Gasteiger charge is -2.02. The van der Waals surface area contributed by atoms with Crippen LogP contribution in [0.3, 0.4) is 0 Å². The zero-order chi connectivity index (χ0) is 13.3. The predicted molar refractivity (Wildman–Crippen MR) is 81.5 cm³/mol. The topological polar surface area (TPSA) is 24.9 Å². The molecule has 100 valence electrons. The molecule has 1 saturated carbocycles. The van der Waals surface area contributed by atoms with Crippen LogP contribution < -0.4 is 5.32 Å². The van der Waals surface area contributed by atoms with Crippen LogP contribution in [-0.4, -0.2) is 11.5 Å². The summed E-state index contributed by atoms with van der Waals surface area (Å²) in [6.07, 6.45) is 2.57. The first-order chi connectivity index (χ1) is 9.23. The van der Waals surface area contributed by atoms with E-state index in [1.807, 2.05) is 11.3 Å². The molecule has 19 heavy (non-hydrogen) atoms. The van der Waals surface area contributed by atoms with Gasteiger partial charge in [-0.15, -0.1) is 11.3 Å². The van der Waals surface area contributed by atoms with Gasteiger partial charge >= 0.3 is 0 Å². The van der Waals surface area contributed by atoms with Crippen LogP contribution in [-0.2, 0) is 12.0 Å². The molecule has 2 aromatic rings. The van der Waals surface area contributed by atoms with Gasteiger partial charge in [0.05, 0.1) is 15.6 Å².